The number of hydrogen-bond acceptors (Lipinski definition) is 2. The van der Waals surface area contributed by atoms with E-state index < -0.39 is 11.9 Å². The smallest absolute Gasteiger partial charge is 0.123 e. The number of halogens is 3. The zero-order valence-corrected chi connectivity index (χ0v) is 11.0. The third-order valence-corrected chi connectivity index (χ3v) is 2.98. The predicted molar refractivity (Wildman–Crippen MR) is 69.5 cm³/mol. The van der Waals surface area contributed by atoms with Crippen LogP contribution in [-0.4, -0.2) is 10.1 Å². The summed E-state index contributed by atoms with van der Waals surface area (Å²) in [6.45, 7) is 1.75. The maximum absolute atomic E-state index is 13.3. The molecule has 1 N–H and O–H groups in total. The Morgan fingerprint density at radius 2 is 1.94 bits per heavy atom. The average molecular weight is 286 g/mol. The summed E-state index contributed by atoms with van der Waals surface area (Å²) in [4.78, 5) is 3.98. The van der Waals surface area contributed by atoms with E-state index in [-0.39, 0.29) is 10.7 Å². The summed E-state index contributed by atoms with van der Waals surface area (Å²) in [6.07, 6.45) is 0.308. The molecule has 1 aromatic heterocycles. The molecule has 0 aliphatic rings. The van der Waals surface area contributed by atoms with Gasteiger partial charge in [-0.1, -0.05) is 29.3 Å². The molecule has 1 heterocycles. The SMILES string of the molecule is Cc1cc(F)cc(C(O)c2ncc(Cl)cc2Cl)c1. The zero-order chi connectivity index (χ0) is 13.3. The van der Waals surface area contributed by atoms with Crippen molar-refractivity contribution in [2.45, 2.75) is 13.0 Å². The van der Waals surface area contributed by atoms with Gasteiger partial charge < -0.3 is 5.11 Å². The van der Waals surface area contributed by atoms with Gasteiger partial charge in [0.05, 0.1) is 15.7 Å². The lowest BCUT2D eigenvalue weighted by molar-refractivity contribution is 0.215. The number of pyridine rings is 1. The van der Waals surface area contributed by atoms with Gasteiger partial charge in [-0.2, -0.15) is 0 Å². The van der Waals surface area contributed by atoms with E-state index in [0.717, 1.165) is 0 Å². The lowest BCUT2D eigenvalue weighted by Gasteiger charge is -2.13. The van der Waals surface area contributed by atoms with E-state index in [1.54, 1.807) is 13.0 Å². The van der Waals surface area contributed by atoms with Crippen LogP contribution in [0, 0.1) is 12.7 Å². The first-order chi connectivity index (χ1) is 8.47. The quantitative estimate of drug-likeness (QED) is 0.907. The molecule has 0 fully saturated rings. The second-order valence-corrected chi connectivity index (χ2v) is 4.83. The van der Waals surface area contributed by atoms with E-state index in [2.05, 4.69) is 4.98 Å². The highest BCUT2D eigenvalue weighted by molar-refractivity contribution is 6.34. The van der Waals surface area contributed by atoms with E-state index in [0.29, 0.717) is 16.1 Å². The van der Waals surface area contributed by atoms with Gasteiger partial charge in [0, 0.05) is 6.20 Å². The van der Waals surface area contributed by atoms with Crippen LogP contribution in [0.25, 0.3) is 0 Å². The molecular weight excluding hydrogens is 276 g/mol. The predicted octanol–water partition coefficient (Wildman–Crippen LogP) is 3.92. The van der Waals surface area contributed by atoms with Crippen molar-refractivity contribution in [3.05, 3.63) is 63.1 Å². The lowest BCUT2D eigenvalue weighted by atomic mass is 10.0. The molecule has 0 aliphatic carbocycles. The van der Waals surface area contributed by atoms with Crippen molar-refractivity contribution in [2.24, 2.45) is 0 Å². The van der Waals surface area contributed by atoms with Crippen molar-refractivity contribution in [3.8, 4) is 0 Å². The lowest BCUT2D eigenvalue weighted by Crippen LogP contribution is -2.04. The molecule has 94 valence electrons. The third kappa shape index (κ3) is 2.80. The average Bonchev–Trinajstić information content (AvgIpc) is 2.26. The fourth-order valence-electron chi connectivity index (χ4n) is 1.71. The number of hydrogen-bond donors (Lipinski definition) is 1. The van der Waals surface area contributed by atoms with Gasteiger partial charge in [0.2, 0.25) is 0 Å². The number of aliphatic hydroxyl groups excluding tert-OH is 1. The first-order valence-corrected chi connectivity index (χ1v) is 5.99. The fraction of sp³-hybridized carbons (Fsp3) is 0.154. The Hall–Kier alpha value is -1.16. The van der Waals surface area contributed by atoms with Gasteiger partial charge in [-0.05, 0) is 36.2 Å². The molecule has 0 bridgehead atoms. The Labute approximate surface area is 114 Å². The van der Waals surface area contributed by atoms with Crippen LogP contribution in [0.3, 0.4) is 0 Å². The number of rotatable bonds is 2. The topological polar surface area (TPSA) is 33.1 Å². The molecular formula is C13H10Cl2FNO. The first-order valence-electron chi connectivity index (χ1n) is 5.23. The van der Waals surface area contributed by atoms with E-state index in [9.17, 15) is 9.50 Å². The molecule has 2 nitrogen and oxygen atoms in total. The highest BCUT2D eigenvalue weighted by Crippen LogP contribution is 2.29. The highest BCUT2D eigenvalue weighted by Gasteiger charge is 2.17. The van der Waals surface area contributed by atoms with Crippen molar-refractivity contribution in [1.82, 2.24) is 4.98 Å². The van der Waals surface area contributed by atoms with Crippen molar-refractivity contribution in [3.63, 3.8) is 0 Å². The van der Waals surface area contributed by atoms with Gasteiger partial charge in [0.15, 0.2) is 0 Å². The number of nitrogens with zero attached hydrogens (tertiary/aromatic N) is 1. The van der Waals surface area contributed by atoms with Crippen molar-refractivity contribution >= 4 is 23.2 Å². The molecule has 0 saturated carbocycles. The van der Waals surface area contributed by atoms with Crippen molar-refractivity contribution in [2.75, 3.05) is 0 Å². The molecule has 0 spiro atoms. The Bertz CT molecular complexity index is 569. The molecule has 0 radical (unpaired) electrons. The van der Waals surface area contributed by atoms with Gasteiger partial charge in [-0.3, -0.25) is 4.98 Å². The van der Waals surface area contributed by atoms with Gasteiger partial charge in [0.25, 0.3) is 0 Å². The van der Waals surface area contributed by atoms with Crippen LogP contribution in [-0.2, 0) is 0 Å². The monoisotopic (exact) mass is 285 g/mol. The normalized spacial score (nSPS) is 12.5. The summed E-state index contributed by atoms with van der Waals surface area (Å²) in [6, 6.07) is 5.80. The maximum Gasteiger partial charge on any atom is 0.123 e. The molecule has 18 heavy (non-hydrogen) atoms. The van der Waals surface area contributed by atoms with Gasteiger partial charge in [-0.15, -0.1) is 0 Å². The van der Waals surface area contributed by atoms with Crippen LogP contribution in [0.5, 0.6) is 0 Å². The molecule has 0 aliphatic heterocycles. The third-order valence-electron chi connectivity index (χ3n) is 2.48. The second kappa shape index (κ2) is 5.22. The van der Waals surface area contributed by atoms with Crippen LogP contribution < -0.4 is 0 Å². The van der Waals surface area contributed by atoms with Crippen molar-refractivity contribution < 1.29 is 9.50 Å². The number of aryl methyl sites for hydroxylation is 1. The summed E-state index contributed by atoms with van der Waals surface area (Å²) in [5.41, 5.74) is 1.38. The van der Waals surface area contributed by atoms with Crippen LogP contribution >= 0.6 is 23.2 Å². The summed E-state index contributed by atoms with van der Waals surface area (Å²) in [5.74, 6) is -0.408. The molecule has 2 rings (SSSR count). The Morgan fingerprint density at radius 3 is 2.56 bits per heavy atom. The number of benzene rings is 1. The van der Waals surface area contributed by atoms with Crippen LogP contribution in [0.2, 0.25) is 10.0 Å². The summed E-state index contributed by atoms with van der Waals surface area (Å²) >= 11 is 11.7. The fourth-order valence-corrected chi connectivity index (χ4v) is 2.19. The largest absolute Gasteiger partial charge is 0.382 e. The number of aromatic nitrogens is 1. The molecule has 0 amide bonds. The summed E-state index contributed by atoms with van der Waals surface area (Å²) < 4.78 is 13.3. The summed E-state index contributed by atoms with van der Waals surface area (Å²) in [7, 11) is 0. The minimum atomic E-state index is -1.08. The van der Waals surface area contributed by atoms with Gasteiger partial charge >= 0.3 is 0 Å². The van der Waals surface area contributed by atoms with E-state index in [4.69, 9.17) is 23.2 Å². The van der Waals surface area contributed by atoms with Crippen LogP contribution in [0.4, 0.5) is 4.39 Å². The zero-order valence-electron chi connectivity index (χ0n) is 9.49. The minimum absolute atomic E-state index is 0.247. The van der Waals surface area contributed by atoms with Crippen LogP contribution in [0.15, 0.2) is 30.5 Å². The van der Waals surface area contributed by atoms with Gasteiger partial charge in [0.1, 0.15) is 11.9 Å². The molecule has 1 atom stereocenters. The number of aliphatic hydroxyl groups is 1. The molecule has 1 unspecified atom stereocenters. The van der Waals surface area contributed by atoms with E-state index in [1.807, 2.05) is 0 Å². The minimum Gasteiger partial charge on any atom is -0.382 e. The highest BCUT2D eigenvalue weighted by atomic mass is 35.5. The molecule has 0 saturated heterocycles. The van der Waals surface area contributed by atoms with E-state index in [1.165, 1.54) is 24.4 Å². The maximum atomic E-state index is 13.3. The molecule has 2 aromatic rings. The standard InChI is InChI=1S/C13H10Cl2FNO/c1-7-2-8(4-10(16)3-7)13(18)12-11(15)5-9(14)6-17-12/h2-6,13,18H,1H3. The van der Waals surface area contributed by atoms with Gasteiger partial charge in [-0.25, -0.2) is 4.39 Å². The first kappa shape index (κ1) is 13.3. The summed E-state index contributed by atoms with van der Waals surface area (Å²) in [5, 5.41) is 10.8. The Kier molecular flexibility index (Phi) is 3.85. The second-order valence-electron chi connectivity index (χ2n) is 3.99. The molecule has 1 aromatic carbocycles. The van der Waals surface area contributed by atoms with Crippen molar-refractivity contribution in [1.29, 1.82) is 0 Å². The Balaban J connectivity index is 2.44. The molecule has 5 heteroatoms. The van der Waals surface area contributed by atoms with Crippen LogP contribution in [0.1, 0.15) is 22.9 Å². The van der Waals surface area contributed by atoms with E-state index >= 15 is 0 Å². The Morgan fingerprint density at radius 1 is 1.22 bits per heavy atom.